The van der Waals surface area contributed by atoms with E-state index in [0.717, 1.165) is 22.2 Å². The summed E-state index contributed by atoms with van der Waals surface area (Å²) in [5, 5.41) is 12.6. The van der Waals surface area contributed by atoms with E-state index in [1.807, 2.05) is 55.5 Å². The fourth-order valence-corrected chi connectivity index (χ4v) is 3.16. The first kappa shape index (κ1) is 17.8. The zero-order chi connectivity index (χ0) is 19.5. The highest BCUT2D eigenvalue weighted by Crippen LogP contribution is 2.23. The number of hydrogen-bond acceptors (Lipinski definition) is 4. The molecule has 4 aromatic rings. The largest absolute Gasteiger partial charge is 0.476 e. The molecule has 0 atom stereocenters. The van der Waals surface area contributed by atoms with Gasteiger partial charge in [-0.2, -0.15) is 5.10 Å². The zero-order valence-corrected chi connectivity index (χ0v) is 15.8. The Kier molecular flexibility index (Phi) is 4.80. The van der Waals surface area contributed by atoms with Crippen LogP contribution in [-0.4, -0.2) is 44.4 Å². The monoisotopic (exact) mass is 375 g/mol. The number of carbonyl (C=O) groups is 1. The number of aromatic amines is 1. The molecular weight excluding hydrogens is 354 g/mol. The number of amides is 1. The highest BCUT2D eigenvalue weighted by Gasteiger charge is 2.22. The molecule has 7 heteroatoms. The van der Waals surface area contributed by atoms with Gasteiger partial charge in [0.25, 0.3) is 5.91 Å². The topological polar surface area (TPSA) is 76.0 Å². The van der Waals surface area contributed by atoms with E-state index in [1.165, 1.54) is 0 Å². The molecule has 2 heterocycles. The van der Waals surface area contributed by atoms with Crippen LogP contribution in [-0.2, 0) is 6.54 Å². The van der Waals surface area contributed by atoms with Crippen molar-refractivity contribution in [2.45, 2.75) is 13.5 Å². The number of ether oxygens (including phenoxy) is 1. The van der Waals surface area contributed by atoms with Gasteiger partial charge in [-0.05, 0) is 24.6 Å². The predicted octanol–water partition coefficient (Wildman–Crippen LogP) is 3.42. The Hall–Kier alpha value is -3.61. The van der Waals surface area contributed by atoms with E-state index in [2.05, 4.69) is 15.3 Å². The maximum Gasteiger partial charge on any atom is 0.261 e. The molecule has 0 bridgehead atoms. The minimum Gasteiger partial charge on any atom is -0.476 e. The summed E-state index contributed by atoms with van der Waals surface area (Å²) in [5.41, 5.74) is 3.24. The van der Waals surface area contributed by atoms with Crippen LogP contribution < -0.4 is 4.74 Å². The number of fused-ring (bicyclic) bond motifs is 1. The van der Waals surface area contributed by atoms with Gasteiger partial charge in [0.05, 0.1) is 24.0 Å². The highest BCUT2D eigenvalue weighted by molar-refractivity contribution is 5.96. The van der Waals surface area contributed by atoms with Gasteiger partial charge in [-0.25, -0.2) is 4.68 Å². The second-order valence-corrected chi connectivity index (χ2v) is 6.47. The number of para-hydroxylation sites is 2. The standard InChI is InChI=1S/C21H21N5O2/c1-3-28-20-18(14-26(24-20)17-10-5-4-6-11-17)21(27)25(2)13-16-9-7-8-15-12-22-23-19(15)16/h4-12,14H,3,13H2,1-2H3,(H,22,23). The first-order valence-corrected chi connectivity index (χ1v) is 9.11. The molecule has 1 N–H and O–H groups in total. The minimum absolute atomic E-state index is 0.151. The Morgan fingerprint density at radius 1 is 1.18 bits per heavy atom. The molecule has 0 aliphatic rings. The number of benzene rings is 2. The third-order valence-electron chi connectivity index (χ3n) is 4.53. The van der Waals surface area contributed by atoms with Crippen LogP contribution in [0.25, 0.3) is 16.6 Å². The molecule has 1 amide bonds. The Bertz CT molecular complexity index is 1100. The van der Waals surface area contributed by atoms with E-state index < -0.39 is 0 Å². The SMILES string of the molecule is CCOc1nn(-c2ccccc2)cc1C(=O)N(C)Cc1cccc2cn[nH]c12. The smallest absolute Gasteiger partial charge is 0.261 e. The molecule has 0 radical (unpaired) electrons. The van der Waals surface area contributed by atoms with Crippen LogP contribution in [0, 0.1) is 0 Å². The van der Waals surface area contributed by atoms with Crippen molar-refractivity contribution in [2.24, 2.45) is 0 Å². The molecule has 2 aromatic carbocycles. The lowest BCUT2D eigenvalue weighted by molar-refractivity contribution is 0.0781. The number of rotatable bonds is 6. The maximum atomic E-state index is 13.1. The minimum atomic E-state index is -0.151. The summed E-state index contributed by atoms with van der Waals surface area (Å²) in [6.45, 7) is 2.75. The number of aromatic nitrogens is 4. The van der Waals surface area contributed by atoms with Gasteiger partial charge in [0, 0.05) is 25.2 Å². The summed E-state index contributed by atoms with van der Waals surface area (Å²) in [4.78, 5) is 14.8. The third kappa shape index (κ3) is 3.34. The maximum absolute atomic E-state index is 13.1. The van der Waals surface area contributed by atoms with Gasteiger partial charge in [0.15, 0.2) is 0 Å². The van der Waals surface area contributed by atoms with Crippen LogP contribution in [0.2, 0.25) is 0 Å². The predicted molar refractivity (Wildman–Crippen MR) is 107 cm³/mol. The molecule has 0 aliphatic heterocycles. The van der Waals surface area contributed by atoms with Crippen LogP contribution >= 0.6 is 0 Å². The molecule has 0 fully saturated rings. The molecular formula is C21H21N5O2. The lowest BCUT2D eigenvalue weighted by Crippen LogP contribution is -2.26. The molecule has 0 spiro atoms. The van der Waals surface area contributed by atoms with Gasteiger partial charge in [-0.3, -0.25) is 9.89 Å². The summed E-state index contributed by atoms with van der Waals surface area (Å²) < 4.78 is 7.29. The van der Waals surface area contributed by atoms with E-state index >= 15 is 0 Å². The van der Waals surface area contributed by atoms with Gasteiger partial charge >= 0.3 is 0 Å². The number of hydrogen-bond donors (Lipinski definition) is 1. The normalized spacial score (nSPS) is 10.9. The zero-order valence-electron chi connectivity index (χ0n) is 15.8. The molecule has 2 aromatic heterocycles. The van der Waals surface area contributed by atoms with E-state index in [0.29, 0.717) is 24.6 Å². The first-order chi connectivity index (χ1) is 13.7. The molecule has 0 saturated heterocycles. The molecule has 4 rings (SSSR count). The average molecular weight is 375 g/mol. The van der Waals surface area contributed by atoms with Gasteiger partial charge in [-0.15, -0.1) is 5.10 Å². The lowest BCUT2D eigenvalue weighted by Gasteiger charge is -2.17. The van der Waals surface area contributed by atoms with Gasteiger partial charge < -0.3 is 9.64 Å². The van der Waals surface area contributed by atoms with E-state index in [4.69, 9.17) is 4.74 Å². The van der Waals surface area contributed by atoms with Gasteiger partial charge in [-0.1, -0.05) is 36.4 Å². The summed E-state index contributed by atoms with van der Waals surface area (Å²) in [6.07, 6.45) is 3.49. The third-order valence-corrected chi connectivity index (χ3v) is 4.53. The molecule has 28 heavy (non-hydrogen) atoms. The fourth-order valence-electron chi connectivity index (χ4n) is 3.16. The van der Waals surface area contributed by atoms with Crippen molar-refractivity contribution in [2.75, 3.05) is 13.7 Å². The summed E-state index contributed by atoms with van der Waals surface area (Å²) in [5.74, 6) is 0.185. The molecule has 0 saturated carbocycles. The van der Waals surface area contributed by atoms with Crippen molar-refractivity contribution in [1.29, 1.82) is 0 Å². The Labute approximate surface area is 162 Å². The number of carbonyl (C=O) groups excluding carboxylic acids is 1. The van der Waals surface area contributed by atoms with E-state index in [1.54, 1.807) is 29.0 Å². The fraction of sp³-hybridized carbons (Fsp3) is 0.190. The Morgan fingerprint density at radius 3 is 2.79 bits per heavy atom. The summed E-state index contributed by atoms with van der Waals surface area (Å²) >= 11 is 0. The number of nitrogens with one attached hydrogen (secondary N) is 1. The van der Waals surface area contributed by atoms with Crippen molar-refractivity contribution in [3.05, 3.63) is 72.1 Å². The van der Waals surface area contributed by atoms with E-state index in [9.17, 15) is 4.79 Å². The average Bonchev–Trinajstić information content (AvgIpc) is 3.36. The van der Waals surface area contributed by atoms with Crippen molar-refractivity contribution in [1.82, 2.24) is 24.9 Å². The molecule has 142 valence electrons. The summed E-state index contributed by atoms with van der Waals surface area (Å²) in [7, 11) is 1.77. The lowest BCUT2D eigenvalue weighted by atomic mass is 10.1. The van der Waals surface area contributed by atoms with E-state index in [-0.39, 0.29) is 5.91 Å². The molecule has 7 nitrogen and oxygen atoms in total. The Balaban J connectivity index is 1.63. The van der Waals surface area contributed by atoms with Crippen molar-refractivity contribution in [3.8, 4) is 11.6 Å². The van der Waals surface area contributed by atoms with Crippen molar-refractivity contribution in [3.63, 3.8) is 0 Å². The second-order valence-electron chi connectivity index (χ2n) is 6.47. The quantitative estimate of drug-likeness (QED) is 0.560. The number of nitrogens with zero attached hydrogens (tertiary/aromatic N) is 4. The summed E-state index contributed by atoms with van der Waals surface area (Å²) in [6, 6.07) is 15.6. The molecule has 0 aliphatic carbocycles. The van der Waals surface area contributed by atoms with Crippen molar-refractivity contribution >= 4 is 16.8 Å². The molecule has 0 unspecified atom stereocenters. The number of H-pyrrole nitrogens is 1. The second kappa shape index (κ2) is 7.56. The van der Waals surface area contributed by atoms with Gasteiger partial charge in [0.1, 0.15) is 5.56 Å². The van der Waals surface area contributed by atoms with Crippen LogP contribution in [0.3, 0.4) is 0 Å². The van der Waals surface area contributed by atoms with Crippen LogP contribution in [0.4, 0.5) is 0 Å². The van der Waals surface area contributed by atoms with Crippen LogP contribution in [0.5, 0.6) is 5.88 Å². The Morgan fingerprint density at radius 2 is 2.00 bits per heavy atom. The highest BCUT2D eigenvalue weighted by atomic mass is 16.5. The van der Waals surface area contributed by atoms with Crippen LogP contribution in [0.15, 0.2) is 60.9 Å². The van der Waals surface area contributed by atoms with Gasteiger partial charge in [0.2, 0.25) is 5.88 Å². The van der Waals surface area contributed by atoms with Crippen molar-refractivity contribution < 1.29 is 9.53 Å². The first-order valence-electron chi connectivity index (χ1n) is 9.11. The van der Waals surface area contributed by atoms with Crippen LogP contribution in [0.1, 0.15) is 22.8 Å².